The molecule has 120 valence electrons. The lowest BCUT2D eigenvalue weighted by Crippen LogP contribution is -2.54. The highest BCUT2D eigenvalue weighted by atomic mass is 16.6. The van der Waals surface area contributed by atoms with Gasteiger partial charge in [0.05, 0.1) is 0 Å². The summed E-state index contributed by atoms with van der Waals surface area (Å²) in [4.78, 5) is 11.8. The number of hydrogen-bond donors (Lipinski definition) is 2. The summed E-state index contributed by atoms with van der Waals surface area (Å²) < 4.78 is 5.29. The van der Waals surface area contributed by atoms with Crippen molar-refractivity contribution in [2.75, 3.05) is 13.1 Å². The van der Waals surface area contributed by atoms with Crippen LogP contribution in [0.4, 0.5) is 4.79 Å². The number of nitrogens with one attached hydrogen (secondary N) is 2. The largest absolute Gasteiger partial charge is 0.444 e. The molecular formula is C16H34N2O2. The van der Waals surface area contributed by atoms with E-state index in [4.69, 9.17) is 4.74 Å². The fourth-order valence-electron chi connectivity index (χ4n) is 1.90. The first-order chi connectivity index (χ1) is 9.18. The second-order valence-electron chi connectivity index (χ2n) is 6.74. The summed E-state index contributed by atoms with van der Waals surface area (Å²) in [6.07, 6.45) is 2.79. The molecule has 0 bridgehead atoms. The predicted molar refractivity (Wildman–Crippen MR) is 85.0 cm³/mol. The molecule has 1 amide bonds. The Bertz CT molecular complexity index is 281. The number of carbonyl (C=O) groups is 1. The predicted octanol–water partition coefficient (Wildman–Crippen LogP) is 3.71. The van der Waals surface area contributed by atoms with Crippen LogP contribution in [-0.4, -0.2) is 30.3 Å². The quantitative estimate of drug-likeness (QED) is 0.715. The third kappa shape index (κ3) is 7.73. The summed E-state index contributed by atoms with van der Waals surface area (Å²) in [5.74, 6) is 0.647. The van der Waals surface area contributed by atoms with E-state index < -0.39 is 5.60 Å². The molecule has 4 heteroatoms. The van der Waals surface area contributed by atoms with Crippen LogP contribution in [0.1, 0.15) is 67.7 Å². The lowest BCUT2D eigenvalue weighted by Gasteiger charge is -2.34. The van der Waals surface area contributed by atoms with Crippen molar-refractivity contribution in [3.05, 3.63) is 0 Å². The topological polar surface area (TPSA) is 50.4 Å². The van der Waals surface area contributed by atoms with Crippen molar-refractivity contribution in [3.8, 4) is 0 Å². The Labute approximate surface area is 125 Å². The van der Waals surface area contributed by atoms with Crippen LogP contribution >= 0.6 is 0 Å². The van der Waals surface area contributed by atoms with Crippen LogP contribution in [-0.2, 0) is 4.74 Å². The van der Waals surface area contributed by atoms with E-state index in [-0.39, 0.29) is 11.6 Å². The Morgan fingerprint density at radius 1 is 1.15 bits per heavy atom. The molecule has 0 fully saturated rings. The normalized spacial score (nSPS) is 13.9. The number of alkyl carbamates (subject to hydrolysis) is 1. The van der Waals surface area contributed by atoms with Crippen LogP contribution in [0.5, 0.6) is 0 Å². The highest BCUT2D eigenvalue weighted by Crippen LogP contribution is 2.16. The van der Waals surface area contributed by atoms with Crippen molar-refractivity contribution >= 4 is 6.09 Å². The summed E-state index contributed by atoms with van der Waals surface area (Å²) in [7, 11) is 0. The molecule has 1 unspecified atom stereocenters. The minimum Gasteiger partial charge on any atom is -0.444 e. The van der Waals surface area contributed by atoms with Crippen LogP contribution < -0.4 is 10.6 Å². The van der Waals surface area contributed by atoms with Gasteiger partial charge in [0.25, 0.3) is 0 Å². The maximum atomic E-state index is 11.8. The Balaban J connectivity index is 4.42. The molecule has 0 aliphatic rings. The molecule has 0 aromatic carbocycles. The van der Waals surface area contributed by atoms with Crippen LogP contribution in [0.3, 0.4) is 0 Å². The number of hydrogen-bond acceptors (Lipinski definition) is 3. The third-order valence-electron chi connectivity index (χ3n) is 3.85. The van der Waals surface area contributed by atoms with Gasteiger partial charge in [-0.05, 0) is 46.1 Å². The van der Waals surface area contributed by atoms with Crippen molar-refractivity contribution in [1.29, 1.82) is 0 Å². The van der Waals surface area contributed by atoms with Crippen molar-refractivity contribution in [1.82, 2.24) is 10.6 Å². The third-order valence-corrected chi connectivity index (χ3v) is 3.85. The van der Waals surface area contributed by atoms with Gasteiger partial charge in [-0.2, -0.15) is 0 Å². The zero-order chi connectivity index (χ0) is 15.8. The Kier molecular flexibility index (Phi) is 8.17. The lowest BCUT2D eigenvalue weighted by atomic mass is 9.91. The van der Waals surface area contributed by atoms with Gasteiger partial charge in [0.1, 0.15) is 5.60 Å². The first-order valence-electron chi connectivity index (χ1n) is 7.90. The monoisotopic (exact) mass is 286 g/mol. The highest BCUT2D eigenvalue weighted by Gasteiger charge is 2.27. The van der Waals surface area contributed by atoms with E-state index in [1.807, 2.05) is 20.8 Å². The molecular weight excluding hydrogens is 252 g/mol. The van der Waals surface area contributed by atoms with Gasteiger partial charge in [-0.3, -0.25) is 0 Å². The van der Waals surface area contributed by atoms with E-state index >= 15 is 0 Å². The Hall–Kier alpha value is -0.770. The van der Waals surface area contributed by atoms with Crippen LogP contribution in [0.25, 0.3) is 0 Å². The SMILES string of the molecule is CCC(C)CNC(CC)(CC)CNC(=O)OC(C)(C)C. The van der Waals surface area contributed by atoms with Gasteiger partial charge in [-0.25, -0.2) is 4.79 Å². The van der Waals surface area contributed by atoms with E-state index in [1.165, 1.54) is 0 Å². The minimum atomic E-state index is -0.449. The van der Waals surface area contributed by atoms with Crippen LogP contribution in [0.15, 0.2) is 0 Å². The number of ether oxygens (including phenoxy) is 1. The van der Waals surface area contributed by atoms with Crippen LogP contribution in [0.2, 0.25) is 0 Å². The Morgan fingerprint density at radius 2 is 1.70 bits per heavy atom. The second kappa shape index (κ2) is 8.50. The van der Waals surface area contributed by atoms with Gasteiger partial charge in [0.15, 0.2) is 0 Å². The molecule has 0 aliphatic carbocycles. The summed E-state index contributed by atoms with van der Waals surface area (Å²) in [5, 5.41) is 6.53. The molecule has 0 saturated carbocycles. The summed E-state index contributed by atoms with van der Waals surface area (Å²) >= 11 is 0. The van der Waals surface area contributed by atoms with Crippen LogP contribution in [0, 0.1) is 5.92 Å². The summed E-state index contributed by atoms with van der Waals surface area (Å²) in [5.41, 5.74) is -0.490. The molecule has 0 spiro atoms. The van der Waals surface area contributed by atoms with Gasteiger partial charge in [-0.1, -0.05) is 34.1 Å². The molecule has 0 aliphatic heterocycles. The molecule has 1 atom stereocenters. The van der Waals surface area contributed by atoms with E-state index in [0.29, 0.717) is 12.5 Å². The molecule has 4 nitrogen and oxygen atoms in total. The minimum absolute atomic E-state index is 0.0413. The van der Waals surface area contributed by atoms with E-state index in [9.17, 15) is 4.79 Å². The molecule has 20 heavy (non-hydrogen) atoms. The first-order valence-corrected chi connectivity index (χ1v) is 7.90. The van der Waals surface area contributed by atoms with Crippen molar-refractivity contribution in [3.63, 3.8) is 0 Å². The van der Waals surface area contributed by atoms with Gasteiger partial charge < -0.3 is 15.4 Å². The smallest absolute Gasteiger partial charge is 0.407 e. The lowest BCUT2D eigenvalue weighted by molar-refractivity contribution is 0.0506. The molecule has 0 rings (SSSR count). The zero-order valence-electron chi connectivity index (χ0n) is 14.4. The van der Waals surface area contributed by atoms with E-state index in [1.54, 1.807) is 0 Å². The average Bonchev–Trinajstić information content (AvgIpc) is 2.37. The number of amides is 1. The number of carbonyl (C=O) groups excluding carboxylic acids is 1. The summed E-state index contributed by atoms with van der Waals surface area (Å²) in [6.45, 7) is 16.0. The first kappa shape index (κ1) is 19.2. The maximum Gasteiger partial charge on any atom is 0.407 e. The fraction of sp³-hybridized carbons (Fsp3) is 0.938. The Morgan fingerprint density at radius 3 is 2.10 bits per heavy atom. The molecule has 2 N–H and O–H groups in total. The standard InChI is InChI=1S/C16H34N2O2/c1-8-13(4)11-18-16(9-2,10-3)12-17-14(19)20-15(5,6)7/h13,18H,8-12H2,1-7H3,(H,17,19). The van der Waals surface area contributed by atoms with Crippen molar-refractivity contribution < 1.29 is 9.53 Å². The molecule has 0 aromatic rings. The summed E-state index contributed by atoms with van der Waals surface area (Å²) in [6, 6.07) is 0. The second-order valence-corrected chi connectivity index (χ2v) is 6.74. The van der Waals surface area contributed by atoms with Gasteiger partial charge in [0.2, 0.25) is 0 Å². The van der Waals surface area contributed by atoms with Crippen molar-refractivity contribution in [2.45, 2.75) is 78.9 Å². The van der Waals surface area contributed by atoms with Gasteiger partial charge in [-0.15, -0.1) is 0 Å². The highest BCUT2D eigenvalue weighted by molar-refractivity contribution is 5.67. The van der Waals surface area contributed by atoms with Gasteiger partial charge >= 0.3 is 6.09 Å². The van der Waals surface area contributed by atoms with Gasteiger partial charge in [0, 0.05) is 12.1 Å². The number of rotatable bonds is 8. The van der Waals surface area contributed by atoms with Crippen molar-refractivity contribution in [2.24, 2.45) is 5.92 Å². The van der Waals surface area contributed by atoms with E-state index in [0.717, 1.165) is 25.8 Å². The maximum absolute atomic E-state index is 11.8. The molecule has 0 radical (unpaired) electrons. The fourth-order valence-corrected chi connectivity index (χ4v) is 1.90. The van der Waals surface area contributed by atoms with E-state index in [2.05, 4.69) is 38.3 Å². The molecule has 0 saturated heterocycles. The molecule has 0 heterocycles. The zero-order valence-corrected chi connectivity index (χ0v) is 14.4. The average molecular weight is 286 g/mol. The molecule has 0 aromatic heterocycles.